The Hall–Kier alpha value is 0.380. The highest BCUT2D eigenvalue weighted by atomic mass is 79.9. The molecule has 0 unspecified atom stereocenters. The molecular weight excluding hydrogens is 322 g/mol. The highest BCUT2D eigenvalue weighted by Crippen LogP contribution is 2.22. The molecule has 1 rings (SSSR count). The Kier molecular flexibility index (Phi) is 5.56. The van der Waals surface area contributed by atoms with E-state index in [4.69, 9.17) is 11.6 Å². The van der Waals surface area contributed by atoms with Gasteiger partial charge in [-0.2, -0.15) is 0 Å². The molecule has 7 heteroatoms. The minimum Gasteiger partial charge on any atom is -0.212 e. The Morgan fingerprint density at radius 2 is 2.27 bits per heavy atom. The molecule has 15 heavy (non-hydrogen) atoms. The first-order chi connectivity index (χ1) is 7.05. The van der Waals surface area contributed by atoms with Crippen LogP contribution in [0, 0.1) is 0 Å². The molecule has 0 atom stereocenters. The summed E-state index contributed by atoms with van der Waals surface area (Å²) in [6, 6.07) is 1.90. The maximum absolute atomic E-state index is 11.4. The van der Waals surface area contributed by atoms with E-state index in [9.17, 15) is 8.42 Å². The van der Waals surface area contributed by atoms with Gasteiger partial charge in [0.1, 0.15) is 0 Å². The quantitative estimate of drug-likeness (QED) is 0.814. The lowest BCUT2D eigenvalue weighted by atomic mass is 10.5. The summed E-state index contributed by atoms with van der Waals surface area (Å²) in [5.74, 6) is 0.448. The number of rotatable bonds is 6. The topological polar surface area (TPSA) is 46.2 Å². The SMILES string of the molecule is O=S(=O)(CCCCl)NCc1sccc1Br. The van der Waals surface area contributed by atoms with Crippen molar-refractivity contribution in [1.29, 1.82) is 0 Å². The van der Waals surface area contributed by atoms with Crippen molar-refractivity contribution in [3.05, 3.63) is 20.8 Å². The van der Waals surface area contributed by atoms with Crippen molar-refractivity contribution in [2.75, 3.05) is 11.6 Å². The molecule has 0 radical (unpaired) electrons. The zero-order chi connectivity index (χ0) is 11.3. The maximum Gasteiger partial charge on any atom is 0.211 e. The van der Waals surface area contributed by atoms with Gasteiger partial charge in [-0.1, -0.05) is 0 Å². The predicted octanol–water partition coefficient (Wildman–Crippen LogP) is 2.56. The summed E-state index contributed by atoms with van der Waals surface area (Å²) in [7, 11) is -3.19. The van der Waals surface area contributed by atoms with Crippen LogP contribution >= 0.6 is 38.9 Å². The molecule has 1 heterocycles. The van der Waals surface area contributed by atoms with Crippen molar-refractivity contribution >= 4 is 48.9 Å². The van der Waals surface area contributed by atoms with Crippen LogP contribution in [-0.2, 0) is 16.6 Å². The fourth-order valence-electron chi connectivity index (χ4n) is 0.943. The number of nitrogens with one attached hydrogen (secondary N) is 1. The van der Waals surface area contributed by atoms with Crippen LogP contribution in [0.2, 0.25) is 0 Å². The Balaban J connectivity index is 2.46. The van der Waals surface area contributed by atoms with Crippen LogP contribution < -0.4 is 4.72 Å². The summed E-state index contributed by atoms with van der Waals surface area (Å²) in [5, 5.41) is 1.91. The number of alkyl halides is 1. The van der Waals surface area contributed by atoms with E-state index in [-0.39, 0.29) is 5.75 Å². The Bertz CT molecular complexity index is 405. The molecule has 1 aromatic rings. The molecule has 0 amide bonds. The second-order valence-electron chi connectivity index (χ2n) is 2.87. The van der Waals surface area contributed by atoms with Crippen LogP contribution in [0.4, 0.5) is 0 Å². The first-order valence-corrected chi connectivity index (χ1v) is 8.16. The summed E-state index contributed by atoms with van der Waals surface area (Å²) < 4.78 is 26.3. The van der Waals surface area contributed by atoms with Crippen molar-refractivity contribution in [1.82, 2.24) is 4.72 Å². The summed E-state index contributed by atoms with van der Waals surface area (Å²) in [6.45, 7) is 0.336. The number of halogens is 2. The third kappa shape index (κ3) is 4.82. The molecule has 0 aliphatic heterocycles. The summed E-state index contributed by atoms with van der Waals surface area (Å²) >= 11 is 10.3. The van der Waals surface area contributed by atoms with E-state index in [2.05, 4.69) is 20.7 Å². The summed E-state index contributed by atoms with van der Waals surface area (Å²) in [5.41, 5.74) is 0. The molecule has 86 valence electrons. The van der Waals surface area contributed by atoms with E-state index in [0.717, 1.165) is 9.35 Å². The third-order valence-corrected chi connectivity index (χ3v) is 5.29. The monoisotopic (exact) mass is 331 g/mol. The number of hydrogen-bond acceptors (Lipinski definition) is 3. The molecular formula is C8H11BrClNO2S2. The lowest BCUT2D eigenvalue weighted by Gasteiger charge is -2.04. The van der Waals surface area contributed by atoms with E-state index >= 15 is 0 Å². The fourth-order valence-corrected chi connectivity index (χ4v) is 3.79. The second kappa shape index (κ2) is 6.20. The minimum absolute atomic E-state index is 0.0828. The number of thiophene rings is 1. The van der Waals surface area contributed by atoms with Gasteiger partial charge in [0.05, 0.1) is 5.75 Å². The van der Waals surface area contributed by atoms with Crippen LogP contribution in [0.15, 0.2) is 15.9 Å². The van der Waals surface area contributed by atoms with Crippen LogP contribution in [0.3, 0.4) is 0 Å². The van der Waals surface area contributed by atoms with Gasteiger partial charge in [-0.15, -0.1) is 22.9 Å². The summed E-state index contributed by atoms with van der Waals surface area (Å²) in [4.78, 5) is 0.976. The average molecular weight is 333 g/mol. The van der Waals surface area contributed by atoms with Gasteiger partial charge in [-0.25, -0.2) is 13.1 Å². The highest BCUT2D eigenvalue weighted by molar-refractivity contribution is 9.10. The minimum atomic E-state index is -3.19. The van der Waals surface area contributed by atoms with Gasteiger partial charge in [0.2, 0.25) is 10.0 Å². The molecule has 0 aliphatic rings. The average Bonchev–Trinajstić information content (AvgIpc) is 2.58. The largest absolute Gasteiger partial charge is 0.212 e. The van der Waals surface area contributed by atoms with Crippen molar-refractivity contribution in [3.8, 4) is 0 Å². The lowest BCUT2D eigenvalue weighted by molar-refractivity contribution is 0.580. The van der Waals surface area contributed by atoms with Crippen molar-refractivity contribution in [2.45, 2.75) is 13.0 Å². The van der Waals surface area contributed by atoms with Gasteiger partial charge in [0.25, 0.3) is 0 Å². The van der Waals surface area contributed by atoms with E-state index in [1.807, 2.05) is 11.4 Å². The zero-order valence-electron chi connectivity index (χ0n) is 7.87. The number of hydrogen-bond donors (Lipinski definition) is 1. The van der Waals surface area contributed by atoms with Crippen molar-refractivity contribution in [2.24, 2.45) is 0 Å². The van der Waals surface area contributed by atoms with Gasteiger partial charge in [0.15, 0.2) is 0 Å². The Morgan fingerprint density at radius 1 is 1.53 bits per heavy atom. The molecule has 0 spiro atoms. The standard InChI is InChI=1S/C8H11BrClNO2S2/c9-7-2-4-14-8(7)6-11-15(12,13)5-1-3-10/h2,4,11H,1,3,5-6H2. The molecule has 0 fully saturated rings. The molecule has 0 aromatic carbocycles. The molecule has 0 bridgehead atoms. The molecule has 1 aromatic heterocycles. The predicted molar refractivity (Wildman–Crippen MR) is 68.0 cm³/mol. The third-order valence-electron chi connectivity index (χ3n) is 1.69. The molecule has 0 aliphatic carbocycles. The van der Waals surface area contributed by atoms with Gasteiger partial charge >= 0.3 is 0 Å². The highest BCUT2D eigenvalue weighted by Gasteiger charge is 2.10. The van der Waals surface area contributed by atoms with Crippen molar-refractivity contribution < 1.29 is 8.42 Å². The van der Waals surface area contributed by atoms with Crippen LogP contribution in [-0.4, -0.2) is 20.1 Å². The van der Waals surface area contributed by atoms with Gasteiger partial charge in [0, 0.05) is 21.8 Å². The molecule has 1 N–H and O–H groups in total. The van der Waals surface area contributed by atoms with Crippen molar-refractivity contribution in [3.63, 3.8) is 0 Å². The molecule has 0 saturated heterocycles. The van der Waals surface area contributed by atoms with E-state index in [1.54, 1.807) is 0 Å². The van der Waals surface area contributed by atoms with E-state index in [1.165, 1.54) is 11.3 Å². The first-order valence-electron chi connectivity index (χ1n) is 4.30. The Labute approximate surface area is 107 Å². The Morgan fingerprint density at radius 3 is 2.80 bits per heavy atom. The smallest absolute Gasteiger partial charge is 0.211 e. The second-order valence-corrected chi connectivity index (χ2v) is 7.03. The van der Waals surface area contributed by atoms with E-state index < -0.39 is 10.0 Å². The zero-order valence-corrected chi connectivity index (χ0v) is 11.8. The molecule has 0 saturated carbocycles. The van der Waals surface area contributed by atoms with Crippen LogP contribution in [0.1, 0.15) is 11.3 Å². The van der Waals surface area contributed by atoms with E-state index in [0.29, 0.717) is 18.8 Å². The fraction of sp³-hybridized carbons (Fsp3) is 0.500. The van der Waals surface area contributed by atoms with Gasteiger partial charge in [-0.05, 0) is 33.8 Å². The lowest BCUT2D eigenvalue weighted by Crippen LogP contribution is -2.25. The maximum atomic E-state index is 11.4. The normalized spacial score (nSPS) is 11.9. The first kappa shape index (κ1) is 13.4. The summed E-state index contributed by atoms with van der Waals surface area (Å²) in [6.07, 6.45) is 0.475. The van der Waals surface area contributed by atoms with Gasteiger partial charge < -0.3 is 0 Å². The molecule has 3 nitrogen and oxygen atoms in total. The van der Waals surface area contributed by atoms with Gasteiger partial charge in [-0.3, -0.25) is 0 Å². The number of sulfonamides is 1. The van der Waals surface area contributed by atoms with Crippen LogP contribution in [0.25, 0.3) is 0 Å². The van der Waals surface area contributed by atoms with Crippen LogP contribution in [0.5, 0.6) is 0 Å².